The minimum Gasteiger partial charge on any atom is -0.355 e. The maximum absolute atomic E-state index is 12.1. The van der Waals surface area contributed by atoms with E-state index < -0.39 is 6.04 Å². The van der Waals surface area contributed by atoms with Crippen LogP contribution in [0.15, 0.2) is 0 Å². The van der Waals surface area contributed by atoms with E-state index in [0.717, 1.165) is 0 Å². The molecule has 132 valence electrons. The van der Waals surface area contributed by atoms with Crippen LogP contribution in [0.25, 0.3) is 0 Å². The fourth-order valence-corrected chi connectivity index (χ4v) is 2.05. The van der Waals surface area contributed by atoms with Gasteiger partial charge >= 0.3 is 0 Å². The summed E-state index contributed by atoms with van der Waals surface area (Å²) in [5.41, 5.74) is 0. The number of hydrogen-bond donors (Lipinski definition) is 4. The Morgan fingerprint density at radius 1 is 0.826 bits per heavy atom. The van der Waals surface area contributed by atoms with E-state index >= 15 is 0 Å². The summed E-state index contributed by atoms with van der Waals surface area (Å²) in [4.78, 5) is 45.7. The Kier molecular flexibility index (Phi) is 13.8. The highest BCUT2D eigenvalue weighted by atomic mass is 127. The molecule has 0 aliphatic heterocycles. The van der Waals surface area contributed by atoms with Crippen molar-refractivity contribution >= 4 is 80.4 Å². The van der Waals surface area contributed by atoms with Crippen molar-refractivity contribution in [2.24, 2.45) is 0 Å². The summed E-state index contributed by atoms with van der Waals surface area (Å²) >= 11 is 9.16. The molecule has 1 atom stereocenters. The van der Waals surface area contributed by atoms with Gasteiger partial charge in [0, 0.05) is 19.6 Å². The van der Waals surface area contributed by atoms with Crippen molar-refractivity contribution in [1.82, 2.24) is 21.3 Å². The maximum Gasteiger partial charge on any atom is 0.242 e. The minimum atomic E-state index is -0.740. The highest BCUT2D eigenvalue weighted by Crippen LogP contribution is 1.94. The average molecular weight is 573 g/mol. The molecule has 4 amide bonds. The lowest BCUT2D eigenvalue weighted by molar-refractivity contribution is -0.128. The number of nitrogens with one attached hydrogen (secondary N) is 4. The molecule has 8 nitrogen and oxygen atoms in total. The molecule has 4 N–H and O–H groups in total. The fraction of sp³-hybridized carbons (Fsp3) is 0.667. The van der Waals surface area contributed by atoms with Gasteiger partial charge in [-0.1, -0.05) is 45.2 Å². The zero-order chi connectivity index (χ0) is 17.7. The third kappa shape index (κ3) is 11.8. The predicted molar refractivity (Wildman–Crippen MR) is 104 cm³/mol. The number of rotatable bonds is 11. The average Bonchev–Trinajstić information content (AvgIpc) is 2.56. The van der Waals surface area contributed by atoms with E-state index in [-0.39, 0.29) is 60.0 Å². The van der Waals surface area contributed by atoms with Crippen molar-refractivity contribution in [3.8, 4) is 0 Å². The van der Waals surface area contributed by atoms with Gasteiger partial charge in [0.2, 0.25) is 23.6 Å². The fourth-order valence-electron chi connectivity index (χ4n) is 1.46. The van der Waals surface area contributed by atoms with Crippen LogP contribution in [0.2, 0.25) is 0 Å². The van der Waals surface area contributed by atoms with Crippen molar-refractivity contribution in [2.45, 2.75) is 12.5 Å². The Bertz CT molecular complexity index is 426. The lowest BCUT2D eigenvalue weighted by Gasteiger charge is -2.18. The van der Waals surface area contributed by atoms with E-state index in [1.165, 1.54) is 0 Å². The van der Waals surface area contributed by atoms with Crippen molar-refractivity contribution in [3.63, 3.8) is 0 Å². The summed E-state index contributed by atoms with van der Waals surface area (Å²) in [5, 5.41) is 10.4. The third-order valence-corrected chi connectivity index (χ3v) is 4.15. The van der Waals surface area contributed by atoms with Crippen LogP contribution in [-0.2, 0) is 19.2 Å². The van der Waals surface area contributed by atoms with Crippen molar-refractivity contribution in [1.29, 1.82) is 0 Å². The molecule has 0 fully saturated rings. The van der Waals surface area contributed by atoms with Gasteiger partial charge in [0.15, 0.2) is 0 Å². The van der Waals surface area contributed by atoms with Gasteiger partial charge in [-0.05, 0) is 6.42 Å². The van der Waals surface area contributed by atoms with Gasteiger partial charge in [0.25, 0.3) is 0 Å². The number of carbonyl (C=O) groups is 4. The van der Waals surface area contributed by atoms with Crippen molar-refractivity contribution in [3.05, 3.63) is 0 Å². The molecular formula is C12H19ClI2N4O4. The van der Waals surface area contributed by atoms with Crippen LogP contribution in [0, 0.1) is 0 Å². The summed E-state index contributed by atoms with van der Waals surface area (Å²) in [5.74, 6) is -1.22. The standard InChI is InChI=1S/C12H19ClI2N4O4/c13-5-9(20)17-3-4-18-12(23)8(19-11(22)7-15)1-2-16-10(21)6-14/h8H,1-7H2,(H,16,21)(H,17,20)(H,18,23)(H,19,22). The molecule has 11 heteroatoms. The van der Waals surface area contributed by atoms with E-state index in [1.807, 2.05) is 45.2 Å². The maximum atomic E-state index is 12.1. The Hall–Kier alpha value is -0.370. The second kappa shape index (κ2) is 14.0. The Balaban J connectivity index is 4.30. The second-order valence-electron chi connectivity index (χ2n) is 4.30. The minimum absolute atomic E-state index is 0.131. The molecule has 0 saturated heterocycles. The SMILES string of the molecule is O=C(CCl)NCCNC(=O)C(CCNC(=O)CI)NC(=O)CI. The van der Waals surface area contributed by atoms with Gasteiger partial charge in [0.1, 0.15) is 11.9 Å². The van der Waals surface area contributed by atoms with E-state index in [4.69, 9.17) is 11.6 Å². The van der Waals surface area contributed by atoms with E-state index in [1.54, 1.807) is 0 Å². The van der Waals surface area contributed by atoms with E-state index in [9.17, 15) is 19.2 Å². The topological polar surface area (TPSA) is 116 Å². The number of alkyl halides is 3. The van der Waals surface area contributed by atoms with Gasteiger partial charge in [-0.2, -0.15) is 0 Å². The number of hydrogen-bond acceptors (Lipinski definition) is 4. The van der Waals surface area contributed by atoms with Crippen LogP contribution in [0.3, 0.4) is 0 Å². The molecule has 0 heterocycles. The molecule has 0 saturated carbocycles. The highest BCUT2D eigenvalue weighted by molar-refractivity contribution is 14.1. The lowest BCUT2D eigenvalue weighted by Crippen LogP contribution is -2.49. The molecular weight excluding hydrogens is 553 g/mol. The van der Waals surface area contributed by atoms with Gasteiger partial charge in [0.05, 0.1) is 8.86 Å². The molecule has 0 aromatic rings. The summed E-state index contributed by atoms with van der Waals surface area (Å²) < 4.78 is 0.558. The molecule has 0 aromatic heterocycles. The molecule has 1 unspecified atom stereocenters. The molecule has 23 heavy (non-hydrogen) atoms. The van der Waals surface area contributed by atoms with Gasteiger partial charge in [-0.25, -0.2) is 0 Å². The predicted octanol–water partition coefficient (Wildman–Crippen LogP) is -0.681. The summed E-state index contributed by atoms with van der Waals surface area (Å²) in [6.07, 6.45) is 0.282. The van der Waals surface area contributed by atoms with E-state index in [2.05, 4.69) is 21.3 Å². The first-order valence-corrected chi connectivity index (χ1v) is 10.3. The molecule has 0 aromatic carbocycles. The third-order valence-electron chi connectivity index (χ3n) is 2.52. The molecule has 0 spiro atoms. The summed E-state index contributed by atoms with van der Waals surface area (Å²) in [6.45, 7) is 0.748. The Labute approximate surface area is 166 Å². The molecule has 0 bridgehead atoms. The smallest absolute Gasteiger partial charge is 0.242 e. The van der Waals surface area contributed by atoms with Gasteiger partial charge in [-0.15, -0.1) is 11.6 Å². The quantitative estimate of drug-likeness (QED) is 0.149. The molecule has 0 aliphatic rings. The molecule has 0 aliphatic carbocycles. The summed E-state index contributed by atoms with van der Waals surface area (Å²) in [7, 11) is 0. The zero-order valence-electron chi connectivity index (χ0n) is 12.3. The van der Waals surface area contributed by atoms with Crippen LogP contribution in [0.4, 0.5) is 0 Å². The van der Waals surface area contributed by atoms with Crippen LogP contribution in [0.5, 0.6) is 0 Å². The van der Waals surface area contributed by atoms with Crippen molar-refractivity contribution in [2.75, 3.05) is 34.4 Å². The first-order valence-electron chi connectivity index (χ1n) is 6.73. The van der Waals surface area contributed by atoms with Gasteiger partial charge in [-0.3, -0.25) is 19.2 Å². The van der Waals surface area contributed by atoms with Crippen LogP contribution < -0.4 is 21.3 Å². The summed E-state index contributed by atoms with van der Waals surface area (Å²) in [6, 6.07) is -0.740. The first-order chi connectivity index (χ1) is 10.9. The Morgan fingerprint density at radius 3 is 1.96 bits per heavy atom. The number of halogens is 3. The second-order valence-corrected chi connectivity index (χ2v) is 6.09. The van der Waals surface area contributed by atoms with E-state index in [0.29, 0.717) is 4.43 Å². The Morgan fingerprint density at radius 2 is 1.39 bits per heavy atom. The first kappa shape index (κ1) is 22.6. The zero-order valence-corrected chi connectivity index (χ0v) is 17.4. The normalized spacial score (nSPS) is 11.3. The number of amides is 4. The van der Waals surface area contributed by atoms with Crippen LogP contribution >= 0.6 is 56.8 Å². The number of carbonyl (C=O) groups excluding carboxylic acids is 4. The lowest BCUT2D eigenvalue weighted by atomic mass is 10.2. The monoisotopic (exact) mass is 572 g/mol. The van der Waals surface area contributed by atoms with Crippen LogP contribution in [-0.4, -0.2) is 64.0 Å². The molecule has 0 radical (unpaired) electrons. The molecule has 0 rings (SSSR count). The largest absolute Gasteiger partial charge is 0.355 e. The van der Waals surface area contributed by atoms with Gasteiger partial charge < -0.3 is 21.3 Å². The van der Waals surface area contributed by atoms with Crippen molar-refractivity contribution < 1.29 is 19.2 Å². The van der Waals surface area contributed by atoms with Crippen LogP contribution in [0.1, 0.15) is 6.42 Å². The highest BCUT2D eigenvalue weighted by Gasteiger charge is 2.20.